The van der Waals surface area contributed by atoms with Crippen LogP contribution < -0.4 is 0 Å². The van der Waals surface area contributed by atoms with E-state index in [2.05, 4.69) is 31.3 Å². The van der Waals surface area contributed by atoms with Crippen molar-refractivity contribution in [1.82, 2.24) is 20.2 Å². The number of alkyl halides is 1. The van der Waals surface area contributed by atoms with E-state index in [0.29, 0.717) is 5.92 Å². The number of halogens is 1. The Hall–Kier alpha value is -0.450. The molecule has 1 aliphatic rings. The van der Waals surface area contributed by atoms with Gasteiger partial charge in [0, 0.05) is 11.8 Å². The Morgan fingerprint density at radius 3 is 2.73 bits per heavy atom. The highest BCUT2D eigenvalue weighted by Gasteiger charge is 2.25. The molecule has 84 valence electrons. The Morgan fingerprint density at radius 2 is 2.20 bits per heavy atom. The average Bonchev–Trinajstić information content (AvgIpc) is 2.85. The third-order valence-electron chi connectivity index (χ3n) is 3.26. The summed E-state index contributed by atoms with van der Waals surface area (Å²) in [6.45, 7) is 0. The predicted octanol–water partition coefficient (Wildman–Crippen LogP) is 1.95. The molecule has 0 bridgehead atoms. The zero-order valence-corrected chi connectivity index (χ0v) is 10.7. The lowest BCUT2D eigenvalue weighted by molar-refractivity contribution is 0.367. The number of aryl methyl sites for hydroxylation is 1. The summed E-state index contributed by atoms with van der Waals surface area (Å²) in [6, 6.07) is 0. The minimum Gasteiger partial charge on any atom is -0.167 e. The van der Waals surface area contributed by atoms with E-state index in [9.17, 15) is 0 Å². The largest absolute Gasteiger partial charge is 0.175 e. The minimum absolute atomic E-state index is 0.678. The molecule has 0 radical (unpaired) electrons. The second-order valence-corrected chi connectivity index (χ2v) is 5.01. The highest BCUT2D eigenvalue weighted by Crippen LogP contribution is 2.33. The first-order valence-electron chi connectivity index (χ1n) is 5.58. The van der Waals surface area contributed by atoms with E-state index >= 15 is 0 Å². The zero-order chi connectivity index (χ0) is 10.7. The second-order valence-electron chi connectivity index (χ2n) is 4.36. The van der Waals surface area contributed by atoms with Crippen molar-refractivity contribution in [2.45, 2.75) is 32.1 Å². The van der Waals surface area contributed by atoms with Crippen LogP contribution in [0.1, 0.15) is 31.5 Å². The van der Waals surface area contributed by atoms with Gasteiger partial charge >= 0.3 is 0 Å². The van der Waals surface area contributed by atoms with Gasteiger partial charge in [-0.3, -0.25) is 0 Å². The number of nitrogens with zero attached hydrogens (tertiary/aromatic N) is 4. The lowest BCUT2D eigenvalue weighted by Gasteiger charge is -2.19. The van der Waals surface area contributed by atoms with Crippen molar-refractivity contribution >= 4 is 15.9 Å². The lowest BCUT2D eigenvalue weighted by atomic mass is 9.90. The van der Waals surface area contributed by atoms with E-state index in [1.807, 2.05) is 7.05 Å². The van der Waals surface area contributed by atoms with Crippen molar-refractivity contribution in [3.63, 3.8) is 0 Å². The molecular weight excluding hydrogens is 256 g/mol. The summed E-state index contributed by atoms with van der Waals surface area (Å²) in [5, 5.41) is 13.2. The quantitative estimate of drug-likeness (QED) is 0.787. The molecule has 2 rings (SSSR count). The Balaban J connectivity index is 1.95. The van der Waals surface area contributed by atoms with Crippen molar-refractivity contribution in [1.29, 1.82) is 0 Å². The van der Waals surface area contributed by atoms with Crippen LogP contribution in [0.2, 0.25) is 0 Å². The van der Waals surface area contributed by atoms with Gasteiger partial charge in [0.1, 0.15) is 0 Å². The minimum atomic E-state index is 0.678. The van der Waals surface area contributed by atoms with Crippen molar-refractivity contribution < 1.29 is 0 Å². The molecule has 1 saturated carbocycles. The highest BCUT2D eigenvalue weighted by molar-refractivity contribution is 9.09. The summed E-state index contributed by atoms with van der Waals surface area (Å²) in [5.74, 6) is 2.42. The first-order valence-corrected chi connectivity index (χ1v) is 6.70. The van der Waals surface area contributed by atoms with E-state index in [-0.39, 0.29) is 0 Å². The standard InChI is InChI=1S/C10H17BrN4/c1-15-13-10(12-14-15)6-9(7-11)8-4-2-3-5-8/h8-9H,2-7H2,1H3. The van der Waals surface area contributed by atoms with E-state index in [4.69, 9.17) is 0 Å². The normalized spacial score (nSPS) is 19.6. The van der Waals surface area contributed by atoms with Gasteiger partial charge in [0.15, 0.2) is 5.82 Å². The molecule has 1 atom stereocenters. The van der Waals surface area contributed by atoms with Crippen LogP contribution in [0.5, 0.6) is 0 Å². The van der Waals surface area contributed by atoms with Crippen LogP contribution in [0, 0.1) is 11.8 Å². The Labute approximate surface area is 98.6 Å². The summed E-state index contributed by atoms with van der Waals surface area (Å²) in [7, 11) is 1.81. The van der Waals surface area contributed by atoms with E-state index in [0.717, 1.165) is 23.5 Å². The molecule has 1 aromatic heterocycles. The van der Waals surface area contributed by atoms with Crippen LogP contribution in [0.4, 0.5) is 0 Å². The van der Waals surface area contributed by atoms with Crippen LogP contribution in [0.3, 0.4) is 0 Å². The molecule has 15 heavy (non-hydrogen) atoms. The Bertz CT molecular complexity index is 306. The molecule has 0 N–H and O–H groups in total. The van der Waals surface area contributed by atoms with Crippen molar-refractivity contribution in [2.24, 2.45) is 18.9 Å². The SMILES string of the molecule is Cn1nnc(CC(CBr)C2CCCC2)n1. The van der Waals surface area contributed by atoms with Gasteiger partial charge in [0.05, 0.1) is 7.05 Å². The molecule has 0 aromatic carbocycles. The molecular formula is C10H17BrN4. The number of hydrogen-bond donors (Lipinski definition) is 0. The molecule has 0 spiro atoms. The number of rotatable bonds is 4. The molecule has 0 amide bonds. The maximum Gasteiger partial charge on any atom is 0.175 e. The van der Waals surface area contributed by atoms with Crippen LogP contribution in [-0.4, -0.2) is 25.5 Å². The summed E-state index contributed by atoms with van der Waals surface area (Å²) >= 11 is 3.61. The maximum absolute atomic E-state index is 4.24. The summed E-state index contributed by atoms with van der Waals surface area (Å²) in [5.41, 5.74) is 0. The molecule has 1 aromatic rings. The molecule has 0 aliphatic heterocycles. The van der Waals surface area contributed by atoms with Crippen molar-refractivity contribution in [3.05, 3.63) is 5.82 Å². The fourth-order valence-corrected chi connectivity index (χ4v) is 3.17. The predicted molar refractivity (Wildman–Crippen MR) is 61.7 cm³/mol. The smallest absolute Gasteiger partial charge is 0.167 e. The fourth-order valence-electron chi connectivity index (χ4n) is 2.42. The molecule has 1 unspecified atom stereocenters. The first kappa shape index (κ1) is 11.0. The topological polar surface area (TPSA) is 43.6 Å². The highest BCUT2D eigenvalue weighted by atomic mass is 79.9. The average molecular weight is 273 g/mol. The number of aromatic nitrogens is 4. The molecule has 0 saturated heterocycles. The lowest BCUT2D eigenvalue weighted by Crippen LogP contribution is -2.17. The van der Waals surface area contributed by atoms with Crippen LogP contribution in [0.15, 0.2) is 0 Å². The van der Waals surface area contributed by atoms with Crippen LogP contribution in [-0.2, 0) is 13.5 Å². The maximum atomic E-state index is 4.24. The summed E-state index contributed by atoms with van der Waals surface area (Å²) in [6.07, 6.45) is 6.49. The zero-order valence-electron chi connectivity index (χ0n) is 9.06. The van der Waals surface area contributed by atoms with Crippen molar-refractivity contribution in [3.8, 4) is 0 Å². The van der Waals surface area contributed by atoms with Gasteiger partial charge in [-0.1, -0.05) is 41.6 Å². The Morgan fingerprint density at radius 1 is 1.47 bits per heavy atom. The second kappa shape index (κ2) is 5.05. The molecule has 1 heterocycles. The van der Waals surface area contributed by atoms with Gasteiger partial charge < -0.3 is 0 Å². The summed E-state index contributed by atoms with van der Waals surface area (Å²) < 4.78 is 0. The van der Waals surface area contributed by atoms with E-state index < -0.39 is 0 Å². The molecule has 4 nitrogen and oxygen atoms in total. The molecule has 1 aliphatic carbocycles. The number of tetrazole rings is 1. The van der Waals surface area contributed by atoms with Gasteiger partial charge in [0.25, 0.3) is 0 Å². The van der Waals surface area contributed by atoms with Crippen LogP contribution >= 0.6 is 15.9 Å². The fraction of sp³-hybridized carbons (Fsp3) is 0.900. The number of hydrogen-bond acceptors (Lipinski definition) is 3. The Kier molecular flexibility index (Phi) is 3.72. The van der Waals surface area contributed by atoms with Gasteiger partial charge in [0.2, 0.25) is 0 Å². The first-order chi connectivity index (χ1) is 7.29. The van der Waals surface area contributed by atoms with Gasteiger partial charge in [-0.2, -0.15) is 4.80 Å². The van der Waals surface area contributed by atoms with Crippen molar-refractivity contribution in [2.75, 3.05) is 5.33 Å². The van der Waals surface area contributed by atoms with Crippen LogP contribution in [0.25, 0.3) is 0 Å². The van der Waals surface area contributed by atoms with Gasteiger partial charge in [-0.25, -0.2) is 0 Å². The third kappa shape index (κ3) is 2.77. The molecule has 5 heteroatoms. The van der Waals surface area contributed by atoms with Gasteiger partial charge in [-0.15, -0.1) is 10.2 Å². The third-order valence-corrected chi connectivity index (χ3v) is 4.09. The molecule has 1 fully saturated rings. The van der Waals surface area contributed by atoms with E-state index in [1.54, 1.807) is 0 Å². The van der Waals surface area contributed by atoms with E-state index in [1.165, 1.54) is 30.5 Å². The van der Waals surface area contributed by atoms with Gasteiger partial charge in [-0.05, 0) is 17.0 Å². The summed E-state index contributed by atoms with van der Waals surface area (Å²) in [4.78, 5) is 1.54. The monoisotopic (exact) mass is 272 g/mol.